The topological polar surface area (TPSA) is 32.4 Å². The molecule has 1 heterocycles. The van der Waals surface area contributed by atoms with Gasteiger partial charge in [-0.2, -0.15) is 0 Å². The van der Waals surface area contributed by atoms with Gasteiger partial charge in [0.1, 0.15) is 0 Å². The Hall–Kier alpha value is -2.00. The molecule has 4 heteroatoms. The molecule has 2 aromatic rings. The fourth-order valence-corrected chi connectivity index (χ4v) is 3.06. The van der Waals surface area contributed by atoms with E-state index in [2.05, 4.69) is 55.2 Å². The summed E-state index contributed by atoms with van der Waals surface area (Å²) in [7, 11) is 3.35. The molecule has 3 nitrogen and oxygen atoms in total. The fraction of sp³-hybridized carbons (Fsp3) is 0.316. The summed E-state index contributed by atoms with van der Waals surface area (Å²) in [5, 5.41) is 0. The maximum absolute atomic E-state index is 5.47. The smallest absolute Gasteiger partial charge is 0.213 e. The summed E-state index contributed by atoms with van der Waals surface area (Å²) in [6.07, 6.45) is 0.943. The third-order valence-corrected chi connectivity index (χ3v) is 4.04. The molecule has 3 rings (SSSR count). The van der Waals surface area contributed by atoms with E-state index in [1.54, 1.807) is 14.2 Å². The molecule has 122 valence electrons. The minimum atomic E-state index is -0.00221. The van der Waals surface area contributed by atoms with Gasteiger partial charge in [-0.05, 0) is 29.8 Å². The molecule has 0 radical (unpaired) electrons. The molecule has 0 bridgehead atoms. The Balaban J connectivity index is 0.00000192. The predicted molar refractivity (Wildman–Crippen MR) is 87.9 cm³/mol. The Morgan fingerprint density at radius 3 is 2.17 bits per heavy atom. The number of ether oxygens (including phenoxy) is 2. The van der Waals surface area contributed by atoms with Gasteiger partial charge in [0.25, 0.3) is 0 Å². The van der Waals surface area contributed by atoms with Crippen molar-refractivity contribution in [3.05, 3.63) is 59.2 Å². The molecule has 0 fully saturated rings. The Morgan fingerprint density at radius 1 is 0.957 bits per heavy atom. The zero-order valence-corrected chi connectivity index (χ0v) is 14.7. The highest BCUT2D eigenvalue weighted by molar-refractivity contribution is 6.10. The van der Waals surface area contributed by atoms with E-state index in [4.69, 9.17) is 9.47 Å². The number of hydrogen-bond donors (Lipinski definition) is 1. The van der Waals surface area contributed by atoms with Crippen LogP contribution in [0.3, 0.4) is 0 Å². The summed E-state index contributed by atoms with van der Waals surface area (Å²) >= 11 is 0. The first-order valence-electron chi connectivity index (χ1n) is 7.50. The molecular weight excluding hydrogens is 310 g/mol. The second-order valence-corrected chi connectivity index (χ2v) is 6.29. The molecule has 0 saturated carbocycles. The average Bonchev–Trinajstić information content (AvgIpc) is 2.53. The minimum absolute atomic E-state index is 0. The summed E-state index contributed by atoms with van der Waals surface area (Å²) in [5.41, 5.74) is 4.79. The van der Waals surface area contributed by atoms with Crippen molar-refractivity contribution in [2.45, 2.75) is 25.8 Å². The number of hydrogen-bond acceptors (Lipinski definition) is 2. The molecular formula is C19H22ClNO2. The van der Waals surface area contributed by atoms with Crippen molar-refractivity contribution >= 4 is 5.71 Å². The molecule has 0 saturated heterocycles. The summed E-state index contributed by atoms with van der Waals surface area (Å²) < 4.78 is 10.9. The van der Waals surface area contributed by atoms with Crippen molar-refractivity contribution in [3.8, 4) is 11.5 Å². The molecule has 0 spiro atoms. The van der Waals surface area contributed by atoms with Gasteiger partial charge in [-0.15, -0.1) is 0 Å². The minimum Gasteiger partial charge on any atom is -1.00 e. The molecule has 0 unspecified atom stereocenters. The molecule has 1 aliphatic heterocycles. The van der Waals surface area contributed by atoms with Gasteiger partial charge in [-0.3, -0.25) is 0 Å². The predicted octanol–water partition coefficient (Wildman–Crippen LogP) is -1.04. The van der Waals surface area contributed by atoms with Crippen LogP contribution >= 0.6 is 0 Å². The van der Waals surface area contributed by atoms with Crippen LogP contribution in [0, 0.1) is 0 Å². The largest absolute Gasteiger partial charge is 1.00 e. The van der Waals surface area contributed by atoms with Gasteiger partial charge in [-0.1, -0.05) is 18.2 Å². The van der Waals surface area contributed by atoms with Crippen LogP contribution in [-0.4, -0.2) is 25.5 Å². The Morgan fingerprint density at radius 2 is 1.57 bits per heavy atom. The lowest BCUT2D eigenvalue weighted by molar-refractivity contribution is -0.544. The number of fused-ring (bicyclic) bond motifs is 1. The van der Waals surface area contributed by atoms with Crippen LogP contribution < -0.4 is 26.9 Å². The van der Waals surface area contributed by atoms with Gasteiger partial charge in [0.2, 0.25) is 5.71 Å². The van der Waals surface area contributed by atoms with Crippen LogP contribution in [0.25, 0.3) is 0 Å². The number of rotatable bonds is 3. The van der Waals surface area contributed by atoms with E-state index in [9.17, 15) is 0 Å². The molecule has 2 aromatic carbocycles. The zero-order chi connectivity index (χ0) is 15.7. The Labute approximate surface area is 143 Å². The summed E-state index contributed by atoms with van der Waals surface area (Å²) in [6, 6.07) is 14.6. The highest BCUT2D eigenvalue weighted by Gasteiger charge is 2.34. The van der Waals surface area contributed by atoms with Crippen molar-refractivity contribution < 1.29 is 26.9 Å². The van der Waals surface area contributed by atoms with Crippen LogP contribution in [0.15, 0.2) is 42.5 Å². The molecule has 0 aliphatic carbocycles. The lowest BCUT2D eigenvalue weighted by atomic mass is 9.84. The van der Waals surface area contributed by atoms with E-state index in [1.165, 1.54) is 16.7 Å². The van der Waals surface area contributed by atoms with Crippen molar-refractivity contribution in [3.63, 3.8) is 0 Å². The highest BCUT2D eigenvalue weighted by atomic mass is 35.5. The SMILES string of the molecule is COc1cc2c(cc1OC)C(c1ccccc1)=[NH+]C(C)(C)C2.[Cl-]. The van der Waals surface area contributed by atoms with Crippen molar-refractivity contribution in [1.29, 1.82) is 0 Å². The first-order valence-corrected chi connectivity index (χ1v) is 7.50. The monoisotopic (exact) mass is 331 g/mol. The van der Waals surface area contributed by atoms with Gasteiger partial charge in [0.05, 0.1) is 19.8 Å². The summed E-state index contributed by atoms with van der Waals surface area (Å²) in [6.45, 7) is 4.44. The Bertz CT molecular complexity index is 724. The zero-order valence-electron chi connectivity index (χ0n) is 13.9. The average molecular weight is 332 g/mol. The van der Waals surface area contributed by atoms with Crippen LogP contribution in [0.2, 0.25) is 0 Å². The van der Waals surface area contributed by atoms with Gasteiger partial charge in [0, 0.05) is 25.8 Å². The first kappa shape index (κ1) is 17.4. The van der Waals surface area contributed by atoms with Crippen LogP contribution in [0.1, 0.15) is 30.5 Å². The standard InChI is InChI=1S/C19H21NO2.ClH/c1-19(2)12-14-10-16(21-3)17(22-4)11-15(14)18(20-19)13-8-6-5-7-9-13;/h5-11H,12H2,1-4H3;1H. The van der Waals surface area contributed by atoms with Gasteiger partial charge < -0.3 is 21.9 Å². The van der Waals surface area contributed by atoms with E-state index in [0.717, 1.165) is 23.6 Å². The van der Waals surface area contributed by atoms with Crippen LogP contribution in [-0.2, 0) is 6.42 Å². The van der Waals surface area contributed by atoms with E-state index in [0.29, 0.717) is 0 Å². The van der Waals surface area contributed by atoms with Crippen LogP contribution in [0.5, 0.6) is 11.5 Å². The molecule has 0 aromatic heterocycles. The number of methoxy groups -OCH3 is 2. The molecule has 0 atom stereocenters. The highest BCUT2D eigenvalue weighted by Crippen LogP contribution is 2.33. The number of benzene rings is 2. The summed E-state index contributed by atoms with van der Waals surface area (Å²) in [4.78, 5) is 3.67. The second kappa shape index (κ2) is 6.63. The van der Waals surface area contributed by atoms with Crippen LogP contribution in [0.4, 0.5) is 0 Å². The van der Waals surface area contributed by atoms with Crippen molar-refractivity contribution in [2.24, 2.45) is 0 Å². The molecule has 1 N–H and O–H groups in total. The van der Waals surface area contributed by atoms with Gasteiger partial charge in [-0.25, -0.2) is 4.99 Å². The fourth-order valence-electron chi connectivity index (χ4n) is 3.06. The molecule has 0 amide bonds. The maximum atomic E-state index is 5.47. The quantitative estimate of drug-likeness (QED) is 0.779. The normalized spacial score (nSPS) is 15.0. The lowest BCUT2D eigenvalue weighted by Gasteiger charge is -2.24. The van der Waals surface area contributed by atoms with E-state index in [1.807, 2.05) is 6.07 Å². The van der Waals surface area contributed by atoms with E-state index >= 15 is 0 Å². The van der Waals surface area contributed by atoms with E-state index in [-0.39, 0.29) is 17.9 Å². The van der Waals surface area contributed by atoms with Gasteiger partial charge in [0.15, 0.2) is 17.0 Å². The second-order valence-electron chi connectivity index (χ2n) is 6.29. The van der Waals surface area contributed by atoms with E-state index < -0.39 is 0 Å². The van der Waals surface area contributed by atoms with Crippen molar-refractivity contribution in [2.75, 3.05) is 14.2 Å². The van der Waals surface area contributed by atoms with Crippen molar-refractivity contribution in [1.82, 2.24) is 0 Å². The number of halogens is 1. The Kier molecular flexibility index (Phi) is 5.00. The third kappa shape index (κ3) is 3.35. The third-order valence-electron chi connectivity index (χ3n) is 4.04. The molecule has 1 aliphatic rings. The number of nitrogens with one attached hydrogen (secondary N) is 1. The first-order chi connectivity index (χ1) is 10.5. The molecule has 23 heavy (non-hydrogen) atoms. The lowest BCUT2D eigenvalue weighted by Crippen LogP contribution is -3.00. The van der Waals surface area contributed by atoms with Gasteiger partial charge >= 0.3 is 0 Å². The maximum Gasteiger partial charge on any atom is 0.213 e. The summed E-state index contributed by atoms with van der Waals surface area (Å²) in [5.74, 6) is 1.54.